The first kappa shape index (κ1) is 8.36. The number of rotatable bonds is 1. The van der Waals surface area contributed by atoms with Crippen LogP contribution < -0.4 is 0 Å². The molecule has 1 aromatic rings. The van der Waals surface area contributed by atoms with Crippen molar-refractivity contribution in [2.45, 2.75) is 25.7 Å². The van der Waals surface area contributed by atoms with Crippen molar-refractivity contribution < 1.29 is 5.11 Å². The van der Waals surface area contributed by atoms with Crippen molar-refractivity contribution in [1.82, 2.24) is 0 Å². The van der Waals surface area contributed by atoms with Gasteiger partial charge in [0.2, 0.25) is 0 Å². The van der Waals surface area contributed by atoms with E-state index in [-0.39, 0.29) is 0 Å². The van der Waals surface area contributed by atoms with E-state index in [9.17, 15) is 5.11 Å². The van der Waals surface area contributed by atoms with E-state index in [2.05, 4.69) is 18.2 Å². The highest BCUT2D eigenvalue weighted by molar-refractivity contribution is 5.40. The minimum atomic E-state index is 0.431. The average molecular weight is 174 g/mol. The van der Waals surface area contributed by atoms with Gasteiger partial charge in [0, 0.05) is 11.5 Å². The van der Waals surface area contributed by atoms with Crippen molar-refractivity contribution >= 4 is 0 Å². The summed E-state index contributed by atoms with van der Waals surface area (Å²) >= 11 is 0. The normalized spacial score (nSPS) is 20.8. The number of benzene rings is 1. The zero-order valence-electron chi connectivity index (χ0n) is 7.83. The Hall–Kier alpha value is -1.24. The number of hydrogen-bond donors (Lipinski definition) is 1. The Morgan fingerprint density at radius 3 is 2.85 bits per heavy atom. The van der Waals surface area contributed by atoms with Gasteiger partial charge in [-0.25, -0.2) is 0 Å². The molecule has 0 saturated carbocycles. The highest BCUT2D eigenvalue weighted by atomic mass is 16.3. The van der Waals surface area contributed by atoms with Crippen molar-refractivity contribution in [1.29, 1.82) is 0 Å². The second kappa shape index (κ2) is 3.25. The topological polar surface area (TPSA) is 20.2 Å². The van der Waals surface area contributed by atoms with Crippen molar-refractivity contribution in [3.8, 4) is 5.75 Å². The molecule has 1 aliphatic rings. The molecule has 1 atom stereocenters. The Kier molecular flexibility index (Phi) is 2.09. The van der Waals surface area contributed by atoms with Gasteiger partial charge in [0.15, 0.2) is 0 Å². The van der Waals surface area contributed by atoms with Crippen LogP contribution >= 0.6 is 0 Å². The van der Waals surface area contributed by atoms with Gasteiger partial charge in [-0.15, -0.1) is 0 Å². The summed E-state index contributed by atoms with van der Waals surface area (Å²) in [4.78, 5) is 0. The van der Waals surface area contributed by atoms with Crippen LogP contribution in [0.2, 0.25) is 0 Å². The number of phenolic OH excluding ortho intramolecular Hbond substituents is 1. The molecule has 1 unspecified atom stereocenters. The lowest BCUT2D eigenvalue weighted by Gasteiger charge is -2.10. The first-order valence-electron chi connectivity index (χ1n) is 4.73. The van der Waals surface area contributed by atoms with E-state index >= 15 is 0 Å². The third-order valence-electron chi connectivity index (χ3n) is 2.60. The van der Waals surface area contributed by atoms with Crippen LogP contribution in [0.4, 0.5) is 0 Å². The highest BCUT2D eigenvalue weighted by Crippen LogP contribution is 2.34. The first-order chi connectivity index (χ1) is 6.27. The predicted octanol–water partition coefficient (Wildman–Crippen LogP) is 3.13. The highest BCUT2D eigenvalue weighted by Gasteiger charge is 2.14. The number of phenols is 1. The Balaban J connectivity index is 2.34. The molecule has 0 radical (unpaired) electrons. The molecule has 1 N–H and O–H groups in total. The summed E-state index contributed by atoms with van der Waals surface area (Å²) in [6.07, 6.45) is 6.64. The second-order valence-electron chi connectivity index (χ2n) is 3.67. The number of hydrogen-bond acceptors (Lipinski definition) is 1. The molecular formula is C12H14O. The van der Waals surface area contributed by atoms with Crippen LogP contribution in [0.1, 0.15) is 29.9 Å². The Morgan fingerprint density at radius 2 is 2.23 bits per heavy atom. The van der Waals surface area contributed by atoms with Crippen LogP contribution in [0.3, 0.4) is 0 Å². The molecule has 1 aromatic carbocycles. The molecule has 0 aliphatic heterocycles. The van der Waals surface area contributed by atoms with Crippen molar-refractivity contribution in [2.75, 3.05) is 0 Å². The van der Waals surface area contributed by atoms with Crippen molar-refractivity contribution in [3.05, 3.63) is 41.5 Å². The lowest BCUT2D eigenvalue weighted by molar-refractivity contribution is 0.464. The average Bonchev–Trinajstić information content (AvgIpc) is 2.56. The smallest absolute Gasteiger partial charge is 0.119 e. The number of allylic oxidation sites excluding steroid dienone is 2. The molecule has 13 heavy (non-hydrogen) atoms. The molecular weight excluding hydrogens is 160 g/mol. The molecule has 0 fully saturated rings. The van der Waals surface area contributed by atoms with Gasteiger partial charge in [0.1, 0.15) is 5.75 Å². The number of aryl methyl sites for hydroxylation is 1. The summed E-state index contributed by atoms with van der Waals surface area (Å²) in [5.74, 6) is 0.872. The third-order valence-corrected chi connectivity index (χ3v) is 2.60. The van der Waals surface area contributed by atoms with Crippen LogP contribution in [-0.2, 0) is 0 Å². The molecule has 0 saturated heterocycles. The van der Waals surface area contributed by atoms with E-state index in [4.69, 9.17) is 0 Å². The first-order valence-corrected chi connectivity index (χ1v) is 4.73. The van der Waals surface area contributed by atoms with Crippen molar-refractivity contribution in [2.24, 2.45) is 0 Å². The van der Waals surface area contributed by atoms with Crippen LogP contribution in [-0.4, -0.2) is 5.11 Å². The standard InChI is InChI=1S/C12H14O/c1-9-6-7-11(12(13)8-9)10-4-2-3-5-10/h2,4,6-8,10,13H,3,5H2,1H3. The van der Waals surface area contributed by atoms with Gasteiger partial charge in [0.25, 0.3) is 0 Å². The SMILES string of the molecule is Cc1ccc(C2C=CCC2)c(O)c1. The van der Waals surface area contributed by atoms with E-state index in [1.54, 1.807) is 0 Å². The zero-order valence-corrected chi connectivity index (χ0v) is 7.83. The van der Waals surface area contributed by atoms with Crippen LogP contribution in [0.5, 0.6) is 5.75 Å². The molecule has 0 bridgehead atoms. The second-order valence-corrected chi connectivity index (χ2v) is 3.67. The van der Waals surface area contributed by atoms with Gasteiger partial charge in [-0.2, -0.15) is 0 Å². The fourth-order valence-electron chi connectivity index (χ4n) is 1.86. The Labute approximate surface area is 78.7 Å². The van der Waals surface area contributed by atoms with E-state index in [1.165, 1.54) is 0 Å². The number of aromatic hydroxyl groups is 1. The zero-order chi connectivity index (χ0) is 9.26. The molecule has 0 spiro atoms. The van der Waals surface area contributed by atoms with Crippen molar-refractivity contribution in [3.63, 3.8) is 0 Å². The largest absolute Gasteiger partial charge is 0.508 e. The maximum absolute atomic E-state index is 9.72. The van der Waals surface area contributed by atoms with Gasteiger partial charge < -0.3 is 5.11 Å². The summed E-state index contributed by atoms with van der Waals surface area (Å²) in [6.45, 7) is 1.99. The van der Waals surface area contributed by atoms with E-state index in [1.807, 2.05) is 19.1 Å². The summed E-state index contributed by atoms with van der Waals surface area (Å²) < 4.78 is 0. The molecule has 2 rings (SSSR count). The summed E-state index contributed by atoms with van der Waals surface area (Å²) in [7, 11) is 0. The van der Waals surface area contributed by atoms with Gasteiger partial charge >= 0.3 is 0 Å². The van der Waals surface area contributed by atoms with Crippen LogP contribution in [0.25, 0.3) is 0 Å². The van der Waals surface area contributed by atoms with E-state index < -0.39 is 0 Å². The lowest BCUT2D eigenvalue weighted by atomic mass is 9.97. The van der Waals surface area contributed by atoms with Crippen LogP contribution in [0.15, 0.2) is 30.4 Å². The van der Waals surface area contributed by atoms with Gasteiger partial charge in [-0.05, 0) is 31.4 Å². The Morgan fingerprint density at radius 1 is 1.38 bits per heavy atom. The van der Waals surface area contributed by atoms with E-state index in [0.717, 1.165) is 24.0 Å². The quantitative estimate of drug-likeness (QED) is 0.648. The molecule has 0 heterocycles. The van der Waals surface area contributed by atoms with Gasteiger partial charge in [-0.1, -0.05) is 24.3 Å². The molecule has 1 aliphatic carbocycles. The fourth-order valence-corrected chi connectivity index (χ4v) is 1.86. The maximum atomic E-state index is 9.72. The minimum absolute atomic E-state index is 0.431. The summed E-state index contributed by atoms with van der Waals surface area (Å²) in [6, 6.07) is 5.92. The monoisotopic (exact) mass is 174 g/mol. The van der Waals surface area contributed by atoms with E-state index in [0.29, 0.717) is 11.7 Å². The minimum Gasteiger partial charge on any atom is -0.508 e. The van der Waals surface area contributed by atoms with Crippen LogP contribution in [0, 0.1) is 6.92 Å². The third kappa shape index (κ3) is 1.59. The summed E-state index contributed by atoms with van der Waals surface area (Å²) in [5, 5.41) is 9.72. The molecule has 1 nitrogen and oxygen atoms in total. The van der Waals surface area contributed by atoms with Gasteiger partial charge in [-0.3, -0.25) is 0 Å². The fraction of sp³-hybridized carbons (Fsp3) is 0.333. The maximum Gasteiger partial charge on any atom is 0.119 e. The molecule has 0 aromatic heterocycles. The molecule has 0 amide bonds. The summed E-state index contributed by atoms with van der Waals surface area (Å²) in [5.41, 5.74) is 2.18. The molecule has 1 heteroatoms. The predicted molar refractivity (Wildman–Crippen MR) is 54.0 cm³/mol. The Bertz CT molecular complexity index is 339. The lowest BCUT2D eigenvalue weighted by Crippen LogP contribution is -1.91. The van der Waals surface area contributed by atoms with Gasteiger partial charge in [0.05, 0.1) is 0 Å². The molecule has 68 valence electrons.